The van der Waals surface area contributed by atoms with Crippen LogP contribution in [0.5, 0.6) is 23.0 Å². The third kappa shape index (κ3) is 14.0. The van der Waals surface area contributed by atoms with E-state index in [0.29, 0.717) is 52.7 Å². The van der Waals surface area contributed by atoms with Crippen molar-refractivity contribution in [3.05, 3.63) is 112 Å². The third-order valence-electron chi connectivity index (χ3n) is 14.2. The lowest BCUT2D eigenvalue weighted by Gasteiger charge is -2.59. The molecule has 0 spiro atoms. The van der Waals surface area contributed by atoms with Gasteiger partial charge >= 0.3 is 6.09 Å². The molecular weight excluding hydrogens is 907 g/mol. The summed E-state index contributed by atoms with van der Waals surface area (Å²) in [6, 6.07) is 16.0. The highest BCUT2D eigenvalue weighted by molar-refractivity contribution is 6.03. The van der Waals surface area contributed by atoms with E-state index >= 15 is 0 Å². The number of ether oxygens (including phenoxy) is 5. The fourth-order valence-corrected chi connectivity index (χ4v) is 10.7. The maximum atomic E-state index is 14.4. The Bertz CT molecular complexity index is 2270. The van der Waals surface area contributed by atoms with Crippen molar-refractivity contribution in [1.82, 2.24) is 4.90 Å². The average molecular weight is 982 g/mol. The second-order valence-electron chi connectivity index (χ2n) is 19.0. The SMILES string of the molecule is C=CCOC12Oc3ccc(Oc4ccc(OC)c(C=O)c4)cc3C3C(CCCCO)C(CCCCO)C=C(C(=NOCc4ccc([N+](=O)[O-])cc4)CC1N(C)C(=O)OCCCCCCCCCCCC)C32. The number of hydrogen-bond acceptors (Lipinski definition) is 13. The summed E-state index contributed by atoms with van der Waals surface area (Å²) < 4.78 is 32.2. The Balaban J connectivity index is 1.41. The van der Waals surface area contributed by atoms with Crippen LogP contribution < -0.4 is 14.2 Å². The Hall–Kier alpha value is -5.77. The van der Waals surface area contributed by atoms with Gasteiger partial charge in [-0.3, -0.25) is 14.9 Å². The number of non-ortho nitro benzene ring substituents is 1. The van der Waals surface area contributed by atoms with Gasteiger partial charge in [-0.15, -0.1) is 6.58 Å². The summed E-state index contributed by atoms with van der Waals surface area (Å²) in [6.07, 6.45) is 20.1. The van der Waals surface area contributed by atoms with Crippen LogP contribution in [-0.2, 0) is 20.9 Å². The molecule has 3 aromatic carbocycles. The number of nitrogens with zero attached hydrogens (tertiary/aromatic N) is 3. The molecule has 2 aliphatic carbocycles. The van der Waals surface area contributed by atoms with Crippen LogP contribution in [-0.4, -0.2) is 90.5 Å². The van der Waals surface area contributed by atoms with Crippen LogP contribution >= 0.6 is 0 Å². The van der Waals surface area contributed by atoms with Gasteiger partial charge in [-0.2, -0.15) is 0 Å². The number of carbonyl (C=O) groups is 2. The molecule has 3 aromatic rings. The topological polar surface area (TPSA) is 189 Å². The van der Waals surface area contributed by atoms with Crippen molar-refractivity contribution < 1.29 is 53.2 Å². The van der Waals surface area contributed by atoms with E-state index in [2.05, 4.69) is 19.6 Å². The molecule has 6 unspecified atom stereocenters. The monoisotopic (exact) mass is 982 g/mol. The number of likely N-dealkylation sites (N-methyl/N-ethyl adjacent to an activating group) is 1. The fourth-order valence-electron chi connectivity index (χ4n) is 10.7. The Labute approximate surface area is 419 Å². The number of oxime groups is 1. The van der Waals surface area contributed by atoms with E-state index in [1.165, 1.54) is 57.8 Å². The number of aldehydes is 1. The Kier molecular flexibility index (Phi) is 21.3. The first-order chi connectivity index (χ1) is 34.6. The number of rotatable bonds is 31. The maximum absolute atomic E-state index is 14.4. The van der Waals surface area contributed by atoms with E-state index in [-0.39, 0.29) is 62.9 Å². The number of unbranched alkanes of at least 4 members (excludes halogenated alkanes) is 11. The van der Waals surface area contributed by atoms with E-state index in [4.69, 9.17) is 33.7 Å². The molecule has 71 heavy (non-hydrogen) atoms. The molecule has 1 amide bonds. The van der Waals surface area contributed by atoms with Crippen molar-refractivity contribution in [3.63, 3.8) is 0 Å². The third-order valence-corrected chi connectivity index (χ3v) is 14.2. The standard InChI is InChI=1S/C56H75N3O12/c1-5-7-8-9-10-11-12-13-14-19-33-67-55(63)58(3)52-37-49(57-69-39-40-22-24-43(25-23-40)59(64)65)47-35-41(20-15-17-30-60)46(21-16-18-31-61)53-48-36-45(70-44-26-28-50(66-4)42(34-44)38-62)27-29-51(48)71-56(52,54(47)53)68-32-6-2/h6,22-29,34-36,38,41,46,52-54,60-61H,2,5,7-21,30-33,37,39H2,1,3-4H3. The normalized spacial score (nSPS) is 21.5. The summed E-state index contributed by atoms with van der Waals surface area (Å²) in [5.74, 6) is -0.482. The van der Waals surface area contributed by atoms with Crippen LogP contribution in [0.3, 0.4) is 0 Å². The average Bonchev–Trinajstić information content (AvgIpc) is 3.38. The van der Waals surface area contributed by atoms with Crippen molar-refractivity contribution in [3.8, 4) is 23.0 Å². The summed E-state index contributed by atoms with van der Waals surface area (Å²) >= 11 is 0. The molecule has 15 heteroatoms. The Morgan fingerprint density at radius 3 is 2.25 bits per heavy atom. The van der Waals surface area contributed by atoms with Gasteiger partial charge in [-0.05, 0) is 104 Å². The fraction of sp³-hybridized carbons (Fsp3) is 0.554. The minimum atomic E-state index is -1.48. The highest BCUT2D eigenvalue weighted by Crippen LogP contribution is 2.62. The van der Waals surface area contributed by atoms with Gasteiger partial charge in [0.1, 0.15) is 35.6 Å². The minimum absolute atomic E-state index is 0.0129. The van der Waals surface area contributed by atoms with Gasteiger partial charge in [-0.25, -0.2) is 4.79 Å². The zero-order chi connectivity index (χ0) is 50.6. The molecule has 0 saturated heterocycles. The second-order valence-corrected chi connectivity index (χ2v) is 19.0. The van der Waals surface area contributed by atoms with Gasteiger partial charge in [-0.1, -0.05) is 94.9 Å². The van der Waals surface area contributed by atoms with E-state index < -0.39 is 28.8 Å². The lowest BCUT2D eigenvalue weighted by atomic mass is 9.55. The van der Waals surface area contributed by atoms with Crippen LogP contribution in [0.15, 0.2) is 90.1 Å². The number of fused-ring (bicyclic) bond motifs is 2. The van der Waals surface area contributed by atoms with Gasteiger partial charge in [0.05, 0.1) is 42.4 Å². The summed E-state index contributed by atoms with van der Waals surface area (Å²) in [7, 11) is 3.21. The predicted molar refractivity (Wildman–Crippen MR) is 272 cm³/mol. The molecule has 1 heterocycles. The molecule has 6 atom stereocenters. The van der Waals surface area contributed by atoms with Crippen LogP contribution in [0.1, 0.15) is 143 Å². The van der Waals surface area contributed by atoms with Crippen molar-refractivity contribution in [2.75, 3.05) is 40.6 Å². The quantitative estimate of drug-likeness (QED) is 0.0204. The molecule has 15 nitrogen and oxygen atoms in total. The van der Waals surface area contributed by atoms with Crippen LogP contribution in [0.4, 0.5) is 10.5 Å². The lowest BCUT2D eigenvalue weighted by Crippen LogP contribution is -2.69. The lowest BCUT2D eigenvalue weighted by molar-refractivity contribution is -0.384. The maximum Gasteiger partial charge on any atom is 0.409 e. The van der Waals surface area contributed by atoms with Crippen molar-refractivity contribution in [2.24, 2.45) is 22.9 Å². The number of aliphatic hydroxyl groups excluding tert-OH is 2. The Morgan fingerprint density at radius 1 is 0.915 bits per heavy atom. The number of methoxy groups -OCH3 is 1. The van der Waals surface area contributed by atoms with Gasteiger partial charge in [0.25, 0.3) is 5.69 Å². The minimum Gasteiger partial charge on any atom is -0.496 e. The van der Waals surface area contributed by atoms with E-state index in [9.17, 15) is 29.9 Å². The van der Waals surface area contributed by atoms with E-state index in [1.807, 2.05) is 18.2 Å². The number of nitro groups is 1. The summed E-state index contributed by atoms with van der Waals surface area (Å²) in [5.41, 5.74) is 3.30. The highest BCUT2D eigenvalue weighted by Gasteiger charge is 2.65. The van der Waals surface area contributed by atoms with Crippen molar-refractivity contribution in [1.29, 1.82) is 0 Å². The molecule has 0 aromatic heterocycles. The molecule has 1 aliphatic heterocycles. The molecule has 0 bridgehead atoms. The molecular formula is C56H75N3O12. The number of carbonyl (C=O) groups excluding carboxylic acids is 2. The summed E-state index contributed by atoms with van der Waals surface area (Å²) in [5, 5.41) is 36.2. The molecule has 386 valence electrons. The highest BCUT2D eigenvalue weighted by atomic mass is 16.7. The Morgan fingerprint density at radius 2 is 1.59 bits per heavy atom. The number of amides is 1. The number of benzene rings is 3. The van der Waals surface area contributed by atoms with Crippen molar-refractivity contribution in [2.45, 2.75) is 140 Å². The van der Waals surface area contributed by atoms with Crippen LogP contribution in [0.25, 0.3) is 0 Å². The molecule has 3 aliphatic rings. The summed E-state index contributed by atoms with van der Waals surface area (Å²) in [4.78, 5) is 45.0. The van der Waals surface area contributed by atoms with Gasteiger partial charge < -0.3 is 43.6 Å². The number of aliphatic hydroxyl groups is 2. The number of nitro benzene ring substituents is 1. The molecule has 2 N–H and O–H groups in total. The smallest absolute Gasteiger partial charge is 0.409 e. The van der Waals surface area contributed by atoms with Gasteiger partial charge in [0.15, 0.2) is 6.29 Å². The largest absolute Gasteiger partial charge is 0.496 e. The molecule has 1 fully saturated rings. The first kappa shape index (κ1) is 54.6. The number of hydrogen-bond donors (Lipinski definition) is 2. The zero-order valence-corrected chi connectivity index (χ0v) is 42.0. The van der Waals surface area contributed by atoms with E-state index in [1.54, 1.807) is 48.4 Å². The van der Waals surface area contributed by atoms with Gasteiger partial charge in [0.2, 0.25) is 5.79 Å². The van der Waals surface area contributed by atoms with E-state index in [0.717, 1.165) is 68.8 Å². The zero-order valence-electron chi connectivity index (χ0n) is 42.0. The first-order valence-electron chi connectivity index (χ1n) is 25.8. The second kappa shape index (κ2) is 27.7. The number of allylic oxidation sites excluding steroid dienone is 1. The first-order valence-corrected chi connectivity index (χ1v) is 25.8. The predicted octanol–water partition coefficient (Wildman–Crippen LogP) is 12.0. The summed E-state index contributed by atoms with van der Waals surface area (Å²) in [6.45, 7) is 6.74. The molecule has 1 saturated carbocycles. The van der Waals surface area contributed by atoms with Gasteiger partial charge in [0, 0.05) is 50.3 Å². The molecule has 6 rings (SSSR count). The van der Waals surface area contributed by atoms with Crippen LogP contribution in [0, 0.1) is 27.9 Å². The van der Waals surface area contributed by atoms with Crippen LogP contribution in [0.2, 0.25) is 0 Å². The molecule has 0 radical (unpaired) electrons. The van der Waals surface area contributed by atoms with Crippen molar-refractivity contribution >= 4 is 23.8 Å².